The second-order valence-electron chi connectivity index (χ2n) is 7.57. The van der Waals surface area contributed by atoms with Gasteiger partial charge in [0.2, 0.25) is 0 Å². The monoisotopic (exact) mass is 361 g/mol. The van der Waals surface area contributed by atoms with Gasteiger partial charge in [0.1, 0.15) is 5.82 Å². The normalized spacial score (nSPS) is 17.3. The molecule has 4 heteroatoms. The molecule has 1 saturated carbocycles. The summed E-state index contributed by atoms with van der Waals surface area (Å²) in [7, 11) is 0. The first-order chi connectivity index (χ1) is 12.7. The summed E-state index contributed by atoms with van der Waals surface area (Å²) >= 11 is 1.91. The van der Waals surface area contributed by atoms with Crippen LogP contribution in [0, 0.1) is 6.92 Å². The molecule has 1 aliphatic heterocycles. The van der Waals surface area contributed by atoms with E-state index in [1.807, 2.05) is 11.3 Å². The SMILES string of the molecule is Cc1cccc(-c2ccc(CN3CCc4nc(C5CC5)ncc4C3)s2)c1. The molecule has 0 radical (unpaired) electrons. The number of fused-ring (bicyclic) bond motifs is 1. The highest BCUT2D eigenvalue weighted by atomic mass is 32.1. The molecular weight excluding hydrogens is 338 g/mol. The molecular formula is C22H23N3S. The Labute approximate surface area is 158 Å². The molecule has 0 spiro atoms. The number of nitrogens with zero attached hydrogens (tertiary/aromatic N) is 3. The largest absolute Gasteiger partial charge is 0.293 e. The molecule has 2 aromatic heterocycles. The van der Waals surface area contributed by atoms with E-state index in [1.54, 1.807) is 0 Å². The van der Waals surface area contributed by atoms with Gasteiger partial charge in [-0.3, -0.25) is 4.90 Å². The fraction of sp³-hybridized carbons (Fsp3) is 0.364. The van der Waals surface area contributed by atoms with Gasteiger partial charge in [-0.15, -0.1) is 11.3 Å². The van der Waals surface area contributed by atoms with Crippen LogP contribution >= 0.6 is 11.3 Å². The molecule has 2 aliphatic rings. The van der Waals surface area contributed by atoms with Gasteiger partial charge < -0.3 is 0 Å². The van der Waals surface area contributed by atoms with E-state index in [0.29, 0.717) is 5.92 Å². The minimum atomic E-state index is 0.643. The molecule has 5 rings (SSSR count). The van der Waals surface area contributed by atoms with Gasteiger partial charge in [-0.1, -0.05) is 29.8 Å². The molecule has 0 bridgehead atoms. The van der Waals surface area contributed by atoms with Crippen LogP contribution in [0.5, 0.6) is 0 Å². The second-order valence-corrected chi connectivity index (χ2v) is 8.74. The maximum absolute atomic E-state index is 4.83. The van der Waals surface area contributed by atoms with Crippen molar-refractivity contribution in [1.82, 2.24) is 14.9 Å². The zero-order valence-electron chi connectivity index (χ0n) is 15.1. The van der Waals surface area contributed by atoms with E-state index in [-0.39, 0.29) is 0 Å². The lowest BCUT2D eigenvalue weighted by atomic mass is 10.1. The van der Waals surface area contributed by atoms with Crippen molar-refractivity contribution in [2.45, 2.75) is 45.2 Å². The van der Waals surface area contributed by atoms with E-state index in [0.717, 1.165) is 31.9 Å². The third-order valence-electron chi connectivity index (χ3n) is 5.32. The van der Waals surface area contributed by atoms with Crippen LogP contribution in [0.25, 0.3) is 10.4 Å². The summed E-state index contributed by atoms with van der Waals surface area (Å²) < 4.78 is 0. The summed E-state index contributed by atoms with van der Waals surface area (Å²) in [6.45, 7) is 5.23. The molecule has 1 aromatic carbocycles. The summed E-state index contributed by atoms with van der Waals surface area (Å²) in [5, 5.41) is 0. The van der Waals surface area contributed by atoms with Crippen LogP contribution in [0.15, 0.2) is 42.6 Å². The van der Waals surface area contributed by atoms with Crippen molar-refractivity contribution >= 4 is 11.3 Å². The van der Waals surface area contributed by atoms with Gasteiger partial charge in [0, 0.05) is 59.2 Å². The Morgan fingerprint density at radius 1 is 1.19 bits per heavy atom. The maximum Gasteiger partial charge on any atom is 0.131 e. The third kappa shape index (κ3) is 3.31. The lowest BCUT2D eigenvalue weighted by molar-refractivity contribution is 0.244. The van der Waals surface area contributed by atoms with Crippen LogP contribution in [-0.4, -0.2) is 21.4 Å². The minimum Gasteiger partial charge on any atom is -0.293 e. The molecule has 0 unspecified atom stereocenters. The molecule has 3 nitrogen and oxygen atoms in total. The Bertz CT molecular complexity index is 942. The van der Waals surface area contributed by atoms with E-state index in [9.17, 15) is 0 Å². The van der Waals surface area contributed by atoms with Crippen LogP contribution in [0.1, 0.15) is 46.3 Å². The van der Waals surface area contributed by atoms with Crippen LogP contribution < -0.4 is 0 Å². The van der Waals surface area contributed by atoms with Gasteiger partial charge in [0.15, 0.2) is 0 Å². The van der Waals surface area contributed by atoms with E-state index in [1.165, 1.54) is 45.0 Å². The van der Waals surface area contributed by atoms with Gasteiger partial charge in [-0.2, -0.15) is 0 Å². The van der Waals surface area contributed by atoms with Crippen molar-refractivity contribution in [2.24, 2.45) is 0 Å². The Kier molecular flexibility index (Phi) is 4.10. The van der Waals surface area contributed by atoms with Crippen LogP contribution in [-0.2, 0) is 19.5 Å². The quantitative estimate of drug-likeness (QED) is 0.658. The molecule has 3 heterocycles. The zero-order chi connectivity index (χ0) is 17.5. The predicted molar refractivity (Wildman–Crippen MR) is 106 cm³/mol. The maximum atomic E-state index is 4.83. The average Bonchev–Trinajstić information content (AvgIpc) is 3.40. The lowest BCUT2D eigenvalue weighted by Crippen LogP contribution is -2.30. The fourth-order valence-electron chi connectivity index (χ4n) is 3.70. The molecule has 0 saturated heterocycles. The Balaban J connectivity index is 1.29. The molecule has 0 N–H and O–H groups in total. The summed E-state index contributed by atoms with van der Waals surface area (Å²) in [6.07, 6.45) is 5.67. The van der Waals surface area contributed by atoms with E-state index < -0.39 is 0 Å². The number of aryl methyl sites for hydroxylation is 1. The number of aromatic nitrogens is 2. The minimum absolute atomic E-state index is 0.643. The number of rotatable bonds is 4. The van der Waals surface area contributed by atoms with E-state index in [4.69, 9.17) is 4.98 Å². The van der Waals surface area contributed by atoms with Crippen molar-refractivity contribution in [1.29, 1.82) is 0 Å². The number of hydrogen-bond acceptors (Lipinski definition) is 4. The van der Waals surface area contributed by atoms with Gasteiger partial charge >= 0.3 is 0 Å². The fourth-order valence-corrected chi connectivity index (χ4v) is 4.75. The lowest BCUT2D eigenvalue weighted by Gasteiger charge is -2.27. The van der Waals surface area contributed by atoms with Crippen molar-refractivity contribution in [3.05, 3.63) is 70.1 Å². The number of thiophene rings is 1. The summed E-state index contributed by atoms with van der Waals surface area (Å²) in [5.74, 6) is 1.72. The van der Waals surface area contributed by atoms with E-state index >= 15 is 0 Å². The predicted octanol–water partition coefficient (Wildman–Crippen LogP) is 4.95. The average molecular weight is 362 g/mol. The van der Waals surface area contributed by atoms with Crippen LogP contribution in [0.3, 0.4) is 0 Å². The van der Waals surface area contributed by atoms with Crippen LogP contribution in [0.2, 0.25) is 0 Å². The first kappa shape index (κ1) is 16.2. The molecule has 0 atom stereocenters. The smallest absolute Gasteiger partial charge is 0.131 e. The van der Waals surface area contributed by atoms with Crippen LogP contribution in [0.4, 0.5) is 0 Å². The molecule has 26 heavy (non-hydrogen) atoms. The summed E-state index contributed by atoms with van der Waals surface area (Å²) in [6, 6.07) is 13.3. The Hall–Kier alpha value is -2.04. The number of benzene rings is 1. The molecule has 1 fully saturated rings. The van der Waals surface area contributed by atoms with Gasteiger partial charge in [0.25, 0.3) is 0 Å². The highest BCUT2D eigenvalue weighted by molar-refractivity contribution is 7.15. The first-order valence-corrected chi connectivity index (χ1v) is 10.3. The first-order valence-electron chi connectivity index (χ1n) is 9.47. The van der Waals surface area contributed by atoms with Gasteiger partial charge in [0.05, 0.1) is 0 Å². The summed E-state index contributed by atoms with van der Waals surface area (Å²) in [4.78, 5) is 14.8. The highest BCUT2D eigenvalue weighted by Crippen LogP contribution is 2.38. The van der Waals surface area contributed by atoms with Crippen molar-refractivity contribution in [2.75, 3.05) is 6.54 Å². The number of hydrogen-bond donors (Lipinski definition) is 0. The zero-order valence-corrected chi connectivity index (χ0v) is 15.9. The van der Waals surface area contributed by atoms with Crippen molar-refractivity contribution in [3.8, 4) is 10.4 Å². The molecule has 0 amide bonds. The molecule has 1 aliphatic carbocycles. The topological polar surface area (TPSA) is 29.0 Å². The van der Waals surface area contributed by atoms with Crippen molar-refractivity contribution < 1.29 is 0 Å². The van der Waals surface area contributed by atoms with Crippen molar-refractivity contribution in [3.63, 3.8) is 0 Å². The molecule has 3 aromatic rings. The second kappa shape index (κ2) is 6.60. The van der Waals surface area contributed by atoms with E-state index in [2.05, 4.69) is 59.4 Å². The third-order valence-corrected chi connectivity index (χ3v) is 6.44. The highest BCUT2D eigenvalue weighted by Gasteiger charge is 2.28. The van der Waals surface area contributed by atoms with Gasteiger partial charge in [-0.25, -0.2) is 9.97 Å². The van der Waals surface area contributed by atoms with Gasteiger partial charge in [-0.05, 0) is 37.5 Å². The Morgan fingerprint density at radius 3 is 2.96 bits per heavy atom. The standard InChI is InChI=1S/C22H23N3S/c1-15-3-2-4-17(11-15)21-8-7-19(26-21)14-25-10-9-20-18(13-25)12-23-22(24-20)16-5-6-16/h2-4,7-8,11-12,16H,5-6,9-10,13-14H2,1H3. The molecule has 132 valence electrons. The Morgan fingerprint density at radius 2 is 2.12 bits per heavy atom. The summed E-state index contributed by atoms with van der Waals surface area (Å²) in [5.41, 5.74) is 5.24.